The predicted molar refractivity (Wildman–Crippen MR) is 158 cm³/mol. The predicted octanol–water partition coefficient (Wildman–Crippen LogP) is 6.26. The summed E-state index contributed by atoms with van der Waals surface area (Å²) in [5.74, 6) is 0.153. The van der Waals surface area contributed by atoms with Gasteiger partial charge in [0, 0.05) is 25.6 Å². The normalized spacial score (nSPS) is 16.1. The van der Waals surface area contributed by atoms with Gasteiger partial charge in [-0.25, -0.2) is 0 Å². The monoisotopic (exact) mass is 552 g/mol. The molecule has 1 rings (SSSR count). The highest BCUT2D eigenvalue weighted by molar-refractivity contribution is 5.85. The van der Waals surface area contributed by atoms with Gasteiger partial charge in [0.1, 0.15) is 0 Å². The van der Waals surface area contributed by atoms with Gasteiger partial charge in [-0.1, -0.05) is 90.4 Å². The van der Waals surface area contributed by atoms with E-state index in [1.807, 2.05) is 4.90 Å². The van der Waals surface area contributed by atoms with Crippen molar-refractivity contribution in [2.24, 2.45) is 11.5 Å². The maximum atomic E-state index is 12.8. The van der Waals surface area contributed by atoms with Crippen LogP contribution in [-0.4, -0.2) is 48.4 Å². The summed E-state index contributed by atoms with van der Waals surface area (Å²) < 4.78 is 0. The molecule has 0 aromatic rings. The molecule has 1 aliphatic heterocycles. The number of hydrogen-bond acceptors (Lipinski definition) is 4. The third kappa shape index (κ3) is 18.6. The lowest BCUT2D eigenvalue weighted by Gasteiger charge is -2.36. The van der Waals surface area contributed by atoms with Crippen LogP contribution >= 0.6 is 24.8 Å². The van der Waals surface area contributed by atoms with E-state index in [1.165, 1.54) is 70.6 Å². The van der Waals surface area contributed by atoms with Gasteiger partial charge in [-0.2, -0.15) is 0 Å². The van der Waals surface area contributed by atoms with E-state index in [4.69, 9.17) is 11.5 Å². The van der Waals surface area contributed by atoms with Gasteiger partial charge in [-0.3, -0.25) is 9.59 Å². The molecule has 36 heavy (non-hydrogen) atoms. The zero-order valence-corrected chi connectivity index (χ0v) is 24.8. The van der Waals surface area contributed by atoms with Crippen LogP contribution in [0.2, 0.25) is 0 Å². The molecule has 0 saturated carbocycles. The van der Waals surface area contributed by atoms with E-state index in [1.54, 1.807) is 0 Å². The van der Waals surface area contributed by atoms with Crippen molar-refractivity contribution in [3.8, 4) is 0 Å². The second-order valence-electron chi connectivity index (χ2n) is 10.4. The molecule has 0 spiro atoms. The summed E-state index contributed by atoms with van der Waals surface area (Å²) in [4.78, 5) is 27.2. The Hall–Kier alpha value is -0.560. The molecule has 0 bridgehead atoms. The molecular weight excluding hydrogens is 495 g/mol. The van der Waals surface area contributed by atoms with Crippen LogP contribution in [0.5, 0.6) is 0 Å². The number of carbonyl (C=O) groups is 2. The summed E-state index contributed by atoms with van der Waals surface area (Å²) in [6.07, 6.45) is 23.3. The number of rotatable bonds is 21. The highest BCUT2D eigenvalue weighted by Crippen LogP contribution is 2.19. The summed E-state index contributed by atoms with van der Waals surface area (Å²) in [7, 11) is 0. The van der Waals surface area contributed by atoms with Crippen LogP contribution in [0.25, 0.3) is 0 Å². The van der Waals surface area contributed by atoms with E-state index < -0.39 is 6.04 Å². The third-order valence-electron chi connectivity index (χ3n) is 7.26. The van der Waals surface area contributed by atoms with Crippen molar-refractivity contribution in [3.05, 3.63) is 0 Å². The smallest absolute Gasteiger partial charge is 0.236 e. The Morgan fingerprint density at radius 2 is 1.39 bits per heavy atom. The van der Waals surface area contributed by atoms with E-state index in [-0.39, 0.29) is 42.7 Å². The van der Waals surface area contributed by atoms with E-state index in [2.05, 4.69) is 12.2 Å². The average molecular weight is 554 g/mol. The van der Waals surface area contributed by atoms with Gasteiger partial charge in [0.05, 0.1) is 6.04 Å². The number of amides is 2. The molecule has 0 aromatic heterocycles. The number of unbranched alkanes of at least 4 members (excludes halogenated alkanes) is 13. The second kappa shape index (κ2) is 26.1. The zero-order chi connectivity index (χ0) is 24.9. The molecule has 1 aliphatic rings. The molecule has 2 amide bonds. The quantitative estimate of drug-likeness (QED) is 0.146. The molecule has 0 aromatic carbocycles. The number of nitrogens with one attached hydrogen (secondary N) is 1. The van der Waals surface area contributed by atoms with Crippen molar-refractivity contribution >= 4 is 36.6 Å². The SMILES string of the molecule is CCCCCCCCCCCCCCCC(=O)N1CCCCC1CNC(=O)C(N)CCCCN.Cl.Cl. The van der Waals surface area contributed by atoms with Crippen LogP contribution in [0.15, 0.2) is 0 Å². The summed E-state index contributed by atoms with van der Waals surface area (Å²) in [5, 5.41) is 2.99. The van der Waals surface area contributed by atoms with Crippen LogP contribution in [0.4, 0.5) is 0 Å². The zero-order valence-electron chi connectivity index (χ0n) is 23.2. The molecule has 1 heterocycles. The van der Waals surface area contributed by atoms with Crippen molar-refractivity contribution in [2.75, 3.05) is 19.6 Å². The molecule has 1 saturated heterocycles. The molecule has 2 unspecified atom stereocenters. The molecule has 5 N–H and O–H groups in total. The molecule has 1 fully saturated rings. The molecule has 8 heteroatoms. The van der Waals surface area contributed by atoms with Gasteiger partial charge in [-0.05, 0) is 45.1 Å². The van der Waals surface area contributed by atoms with Crippen LogP contribution < -0.4 is 16.8 Å². The first-order valence-electron chi connectivity index (χ1n) is 14.6. The minimum absolute atomic E-state index is 0. The number of nitrogens with two attached hydrogens (primary N) is 2. The number of halogens is 2. The fourth-order valence-corrected chi connectivity index (χ4v) is 4.97. The van der Waals surface area contributed by atoms with Gasteiger partial charge in [0.25, 0.3) is 0 Å². The average Bonchev–Trinajstić information content (AvgIpc) is 2.85. The van der Waals surface area contributed by atoms with E-state index in [0.717, 1.165) is 51.5 Å². The first kappa shape index (κ1) is 37.6. The first-order valence-corrected chi connectivity index (χ1v) is 14.6. The molecule has 6 nitrogen and oxygen atoms in total. The van der Waals surface area contributed by atoms with Crippen molar-refractivity contribution in [2.45, 2.75) is 147 Å². The summed E-state index contributed by atoms with van der Waals surface area (Å²) in [5.41, 5.74) is 11.5. The van der Waals surface area contributed by atoms with Gasteiger partial charge < -0.3 is 21.7 Å². The van der Waals surface area contributed by atoms with E-state index >= 15 is 0 Å². The third-order valence-corrected chi connectivity index (χ3v) is 7.26. The highest BCUT2D eigenvalue weighted by Gasteiger charge is 2.27. The Morgan fingerprint density at radius 3 is 1.94 bits per heavy atom. The van der Waals surface area contributed by atoms with Crippen molar-refractivity contribution in [3.63, 3.8) is 0 Å². The molecule has 2 atom stereocenters. The van der Waals surface area contributed by atoms with Crippen LogP contribution in [0.1, 0.15) is 135 Å². The topological polar surface area (TPSA) is 101 Å². The minimum Gasteiger partial charge on any atom is -0.353 e. The maximum absolute atomic E-state index is 12.8. The van der Waals surface area contributed by atoms with Crippen LogP contribution in [-0.2, 0) is 9.59 Å². The Balaban J connectivity index is 0. The lowest BCUT2D eigenvalue weighted by Crippen LogP contribution is -2.51. The van der Waals surface area contributed by atoms with Gasteiger partial charge in [-0.15, -0.1) is 24.8 Å². The van der Waals surface area contributed by atoms with E-state index in [0.29, 0.717) is 25.9 Å². The van der Waals surface area contributed by atoms with Crippen LogP contribution in [0, 0.1) is 0 Å². The Morgan fingerprint density at radius 1 is 0.833 bits per heavy atom. The molecule has 216 valence electrons. The Labute approximate surface area is 234 Å². The fraction of sp³-hybridized carbons (Fsp3) is 0.929. The summed E-state index contributed by atoms with van der Waals surface area (Å²) >= 11 is 0. The highest BCUT2D eigenvalue weighted by atomic mass is 35.5. The van der Waals surface area contributed by atoms with Crippen molar-refractivity contribution < 1.29 is 9.59 Å². The lowest BCUT2D eigenvalue weighted by molar-refractivity contribution is -0.135. The first-order chi connectivity index (χ1) is 16.6. The number of hydrogen-bond donors (Lipinski definition) is 3. The minimum atomic E-state index is -0.481. The van der Waals surface area contributed by atoms with Gasteiger partial charge in [0.15, 0.2) is 0 Å². The lowest BCUT2D eigenvalue weighted by atomic mass is 10.00. The van der Waals surface area contributed by atoms with Crippen molar-refractivity contribution in [1.82, 2.24) is 10.2 Å². The second-order valence-corrected chi connectivity index (χ2v) is 10.4. The number of carbonyl (C=O) groups excluding carboxylic acids is 2. The van der Waals surface area contributed by atoms with Gasteiger partial charge >= 0.3 is 0 Å². The number of nitrogens with zero attached hydrogens (tertiary/aromatic N) is 1. The summed E-state index contributed by atoms with van der Waals surface area (Å²) in [6.45, 7) is 4.24. The van der Waals surface area contributed by atoms with Crippen LogP contribution in [0.3, 0.4) is 0 Å². The molecule has 0 aliphatic carbocycles. The van der Waals surface area contributed by atoms with Gasteiger partial charge in [0.2, 0.25) is 11.8 Å². The summed E-state index contributed by atoms with van der Waals surface area (Å²) in [6, 6.07) is -0.367. The molecular formula is C28H58Cl2N4O2. The Kier molecular flexibility index (Phi) is 27.2. The standard InChI is InChI=1S/C28H56N4O2.2ClH/c1-2-3-4-5-6-7-8-9-10-11-12-13-14-21-27(33)32-23-18-16-19-25(32)24-31-28(34)26(30)20-15-17-22-29;;/h25-26H,2-24,29-30H2,1H3,(H,31,34);2*1H. The van der Waals surface area contributed by atoms with Crippen molar-refractivity contribution in [1.29, 1.82) is 0 Å². The fourth-order valence-electron chi connectivity index (χ4n) is 4.97. The maximum Gasteiger partial charge on any atom is 0.236 e. The van der Waals surface area contributed by atoms with E-state index in [9.17, 15) is 9.59 Å². The largest absolute Gasteiger partial charge is 0.353 e. The number of piperidine rings is 1. The molecule has 0 radical (unpaired) electrons. The Bertz CT molecular complexity index is 526. The number of likely N-dealkylation sites (tertiary alicyclic amines) is 1.